The molecule has 4 heteroatoms. The Morgan fingerprint density at radius 2 is 2.41 bits per heavy atom. The molecule has 3 unspecified atom stereocenters. The first-order chi connectivity index (χ1) is 8.15. The van der Waals surface area contributed by atoms with E-state index in [1.807, 2.05) is 22.4 Å². The van der Waals surface area contributed by atoms with E-state index >= 15 is 0 Å². The van der Waals surface area contributed by atoms with Gasteiger partial charge in [-0.2, -0.15) is 0 Å². The third-order valence-corrected chi connectivity index (χ3v) is 4.58. The van der Waals surface area contributed by atoms with Crippen LogP contribution in [0.5, 0.6) is 0 Å². The normalized spacial score (nSPS) is 26.2. The van der Waals surface area contributed by atoms with Gasteiger partial charge in [-0.15, -0.1) is 11.3 Å². The van der Waals surface area contributed by atoms with E-state index in [4.69, 9.17) is 5.73 Å². The second-order valence-corrected chi connectivity index (χ2v) is 5.71. The zero-order chi connectivity index (χ0) is 12.4. The van der Waals surface area contributed by atoms with Crippen LogP contribution in [0.3, 0.4) is 0 Å². The Morgan fingerprint density at radius 3 is 3.00 bits per heavy atom. The fourth-order valence-electron chi connectivity index (χ4n) is 2.62. The van der Waals surface area contributed by atoms with Gasteiger partial charge >= 0.3 is 0 Å². The monoisotopic (exact) mass is 252 g/mol. The molecule has 2 heterocycles. The highest BCUT2D eigenvalue weighted by atomic mass is 32.1. The third-order valence-electron chi connectivity index (χ3n) is 3.63. The van der Waals surface area contributed by atoms with Gasteiger partial charge in [-0.1, -0.05) is 13.0 Å². The number of amides is 1. The Morgan fingerprint density at radius 1 is 1.65 bits per heavy atom. The number of carbonyl (C=O) groups is 1. The maximum Gasteiger partial charge on any atom is 0.245 e. The molecule has 1 aliphatic heterocycles. The maximum absolute atomic E-state index is 12.4. The van der Waals surface area contributed by atoms with E-state index in [-0.39, 0.29) is 5.91 Å². The summed E-state index contributed by atoms with van der Waals surface area (Å²) < 4.78 is 0. The predicted molar refractivity (Wildman–Crippen MR) is 70.9 cm³/mol. The van der Waals surface area contributed by atoms with Crippen molar-refractivity contribution < 1.29 is 4.79 Å². The number of likely N-dealkylation sites (tertiary alicyclic amines) is 1. The van der Waals surface area contributed by atoms with Gasteiger partial charge in [-0.05, 0) is 37.6 Å². The number of nitrogens with zero attached hydrogens (tertiary/aromatic N) is 1. The zero-order valence-electron chi connectivity index (χ0n) is 10.4. The molecule has 1 aromatic heterocycles. The van der Waals surface area contributed by atoms with E-state index in [0.717, 1.165) is 24.1 Å². The lowest BCUT2D eigenvalue weighted by atomic mass is 10.1. The van der Waals surface area contributed by atoms with Crippen LogP contribution >= 0.6 is 11.3 Å². The molecular weight excluding hydrogens is 232 g/mol. The van der Waals surface area contributed by atoms with Crippen molar-refractivity contribution in [3.63, 3.8) is 0 Å². The minimum absolute atomic E-state index is 0.0873. The molecule has 0 aliphatic carbocycles. The zero-order valence-corrected chi connectivity index (χ0v) is 11.2. The molecular formula is C13H20N2OS. The third kappa shape index (κ3) is 2.38. The van der Waals surface area contributed by atoms with Crippen molar-refractivity contribution in [2.75, 3.05) is 0 Å². The Kier molecular flexibility index (Phi) is 3.84. The van der Waals surface area contributed by atoms with Crippen molar-refractivity contribution in [2.24, 2.45) is 5.73 Å². The number of rotatable bonds is 3. The van der Waals surface area contributed by atoms with Gasteiger partial charge in [-0.3, -0.25) is 4.79 Å². The fraction of sp³-hybridized carbons (Fsp3) is 0.615. The number of nitrogens with two attached hydrogens (primary N) is 1. The van der Waals surface area contributed by atoms with Crippen LogP contribution in [0.4, 0.5) is 0 Å². The number of thiophene rings is 1. The summed E-state index contributed by atoms with van der Waals surface area (Å²) >= 11 is 1.56. The number of carbonyl (C=O) groups excluding carboxylic acids is 1. The number of hydrogen-bond acceptors (Lipinski definition) is 3. The van der Waals surface area contributed by atoms with E-state index in [1.54, 1.807) is 11.3 Å². The summed E-state index contributed by atoms with van der Waals surface area (Å²) in [7, 11) is 0. The molecule has 0 saturated carbocycles. The van der Waals surface area contributed by atoms with Gasteiger partial charge in [0.25, 0.3) is 0 Å². The van der Waals surface area contributed by atoms with E-state index in [9.17, 15) is 4.79 Å². The van der Waals surface area contributed by atoms with E-state index < -0.39 is 6.04 Å². The molecule has 2 rings (SSSR count). The van der Waals surface area contributed by atoms with Crippen molar-refractivity contribution in [3.8, 4) is 0 Å². The standard InChI is InChI=1S/C13H20N2OS/c1-3-10-7-6-9(2)15(10)13(16)12(14)11-5-4-8-17-11/h4-5,8-10,12H,3,6-7,14H2,1-2H3. The van der Waals surface area contributed by atoms with Crippen molar-refractivity contribution in [1.29, 1.82) is 0 Å². The average Bonchev–Trinajstić information content (AvgIpc) is 2.96. The summed E-state index contributed by atoms with van der Waals surface area (Å²) in [6.45, 7) is 4.26. The molecule has 17 heavy (non-hydrogen) atoms. The largest absolute Gasteiger partial charge is 0.335 e. The van der Waals surface area contributed by atoms with Crippen LogP contribution in [-0.2, 0) is 4.79 Å². The highest BCUT2D eigenvalue weighted by molar-refractivity contribution is 7.10. The van der Waals surface area contributed by atoms with Crippen molar-refractivity contribution >= 4 is 17.2 Å². The Hall–Kier alpha value is -0.870. The van der Waals surface area contributed by atoms with Crippen LogP contribution in [-0.4, -0.2) is 22.9 Å². The van der Waals surface area contributed by atoms with Gasteiger partial charge in [0.1, 0.15) is 6.04 Å². The first-order valence-electron chi connectivity index (χ1n) is 6.26. The number of hydrogen-bond donors (Lipinski definition) is 1. The van der Waals surface area contributed by atoms with Gasteiger partial charge in [0.05, 0.1) is 0 Å². The maximum atomic E-state index is 12.4. The van der Waals surface area contributed by atoms with Crippen LogP contribution in [0.25, 0.3) is 0 Å². The van der Waals surface area contributed by atoms with Crippen LogP contribution in [0.1, 0.15) is 44.0 Å². The molecule has 94 valence electrons. The summed E-state index contributed by atoms with van der Waals surface area (Å²) in [5.74, 6) is 0.0873. The molecule has 0 spiro atoms. The summed E-state index contributed by atoms with van der Waals surface area (Å²) in [6.07, 6.45) is 3.23. The molecule has 1 aliphatic rings. The molecule has 1 fully saturated rings. The van der Waals surface area contributed by atoms with E-state index in [0.29, 0.717) is 12.1 Å². The van der Waals surface area contributed by atoms with Crippen LogP contribution in [0.2, 0.25) is 0 Å². The quantitative estimate of drug-likeness (QED) is 0.898. The lowest BCUT2D eigenvalue weighted by Gasteiger charge is -2.30. The molecule has 1 aromatic rings. The minimum atomic E-state index is -0.482. The van der Waals surface area contributed by atoms with Crippen LogP contribution in [0, 0.1) is 0 Å². The van der Waals surface area contributed by atoms with Crippen molar-refractivity contribution in [1.82, 2.24) is 4.90 Å². The molecule has 0 radical (unpaired) electrons. The van der Waals surface area contributed by atoms with Crippen molar-refractivity contribution in [3.05, 3.63) is 22.4 Å². The summed E-state index contributed by atoms with van der Waals surface area (Å²) in [5.41, 5.74) is 6.06. The SMILES string of the molecule is CCC1CCC(C)N1C(=O)C(N)c1cccs1. The highest BCUT2D eigenvalue weighted by Crippen LogP contribution is 2.29. The van der Waals surface area contributed by atoms with E-state index in [1.165, 1.54) is 0 Å². The second kappa shape index (κ2) is 5.19. The smallest absolute Gasteiger partial charge is 0.245 e. The minimum Gasteiger partial charge on any atom is -0.335 e. The Bertz CT molecular complexity index is 377. The van der Waals surface area contributed by atoms with Crippen LogP contribution in [0.15, 0.2) is 17.5 Å². The lowest BCUT2D eigenvalue weighted by Crippen LogP contribution is -2.44. The van der Waals surface area contributed by atoms with Gasteiger partial charge in [0.15, 0.2) is 0 Å². The van der Waals surface area contributed by atoms with Gasteiger partial charge in [-0.25, -0.2) is 0 Å². The molecule has 1 amide bonds. The lowest BCUT2D eigenvalue weighted by molar-refractivity contribution is -0.135. The van der Waals surface area contributed by atoms with Gasteiger partial charge in [0, 0.05) is 17.0 Å². The van der Waals surface area contributed by atoms with Crippen LogP contribution < -0.4 is 5.73 Å². The summed E-state index contributed by atoms with van der Waals surface area (Å²) in [4.78, 5) is 15.4. The Labute approximate surface area is 107 Å². The summed E-state index contributed by atoms with van der Waals surface area (Å²) in [6, 6.07) is 4.11. The Balaban J connectivity index is 2.13. The second-order valence-electron chi connectivity index (χ2n) is 4.73. The molecule has 3 atom stereocenters. The topological polar surface area (TPSA) is 46.3 Å². The first-order valence-corrected chi connectivity index (χ1v) is 7.14. The van der Waals surface area contributed by atoms with Crippen molar-refractivity contribution in [2.45, 2.75) is 51.2 Å². The molecule has 2 N–H and O–H groups in total. The first kappa shape index (κ1) is 12.6. The molecule has 3 nitrogen and oxygen atoms in total. The van der Waals surface area contributed by atoms with Gasteiger partial charge < -0.3 is 10.6 Å². The van der Waals surface area contributed by atoms with E-state index in [2.05, 4.69) is 13.8 Å². The molecule has 0 bridgehead atoms. The highest BCUT2D eigenvalue weighted by Gasteiger charge is 2.35. The summed E-state index contributed by atoms with van der Waals surface area (Å²) in [5, 5.41) is 1.97. The average molecular weight is 252 g/mol. The van der Waals surface area contributed by atoms with Gasteiger partial charge in [0.2, 0.25) is 5.91 Å². The predicted octanol–water partition coefficient (Wildman–Crippen LogP) is 2.54. The fourth-order valence-corrected chi connectivity index (χ4v) is 3.34. The molecule has 0 aromatic carbocycles. The molecule has 1 saturated heterocycles.